The van der Waals surface area contributed by atoms with Crippen molar-refractivity contribution in [3.05, 3.63) is 35.1 Å². The van der Waals surface area contributed by atoms with Gasteiger partial charge in [-0.25, -0.2) is 4.39 Å². The van der Waals surface area contributed by atoms with E-state index in [9.17, 15) is 9.18 Å². The largest absolute Gasteiger partial charge is 0.294 e. The molecule has 0 amide bonds. The van der Waals surface area contributed by atoms with Crippen molar-refractivity contribution in [2.75, 3.05) is 0 Å². The second kappa shape index (κ2) is 8.02. The lowest BCUT2D eigenvalue weighted by atomic mass is 10.0. The van der Waals surface area contributed by atoms with Crippen LogP contribution in [-0.2, 0) is 0 Å². The lowest BCUT2D eigenvalue weighted by Gasteiger charge is -2.03. The third-order valence-corrected chi connectivity index (χ3v) is 3.25. The maximum atomic E-state index is 13.3. The molecule has 0 heterocycles. The van der Waals surface area contributed by atoms with E-state index in [4.69, 9.17) is 0 Å². The fourth-order valence-corrected chi connectivity index (χ4v) is 1.98. The maximum Gasteiger partial charge on any atom is 0.162 e. The van der Waals surface area contributed by atoms with E-state index in [1.807, 2.05) is 0 Å². The molecule has 18 heavy (non-hydrogen) atoms. The molecule has 100 valence electrons. The topological polar surface area (TPSA) is 17.1 Å². The Morgan fingerprint density at radius 3 is 2.44 bits per heavy atom. The molecule has 0 radical (unpaired) electrons. The van der Waals surface area contributed by atoms with Crippen molar-refractivity contribution >= 4 is 5.78 Å². The number of rotatable bonds is 8. The van der Waals surface area contributed by atoms with Crippen LogP contribution in [0.15, 0.2) is 18.2 Å². The summed E-state index contributed by atoms with van der Waals surface area (Å²) >= 11 is 0. The predicted molar refractivity (Wildman–Crippen MR) is 73.5 cm³/mol. The fraction of sp³-hybridized carbons (Fsp3) is 0.562. The summed E-state index contributed by atoms with van der Waals surface area (Å²) in [7, 11) is 0. The third kappa shape index (κ3) is 4.99. The lowest BCUT2D eigenvalue weighted by Crippen LogP contribution is -2.00. The average molecular weight is 250 g/mol. The Hall–Kier alpha value is -1.18. The van der Waals surface area contributed by atoms with Crippen molar-refractivity contribution in [3.8, 4) is 0 Å². The van der Waals surface area contributed by atoms with Crippen molar-refractivity contribution < 1.29 is 9.18 Å². The number of carbonyl (C=O) groups is 1. The van der Waals surface area contributed by atoms with Gasteiger partial charge in [-0.15, -0.1) is 0 Å². The monoisotopic (exact) mass is 250 g/mol. The van der Waals surface area contributed by atoms with Gasteiger partial charge in [0.2, 0.25) is 0 Å². The lowest BCUT2D eigenvalue weighted by molar-refractivity contribution is 0.0978. The number of ketones is 1. The molecule has 0 aliphatic carbocycles. The summed E-state index contributed by atoms with van der Waals surface area (Å²) in [6, 6.07) is 4.75. The van der Waals surface area contributed by atoms with Crippen LogP contribution in [0.4, 0.5) is 4.39 Å². The van der Waals surface area contributed by atoms with Gasteiger partial charge in [0.1, 0.15) is 5.82 Å². The van der Waals surface area contributed by atoms with Crippen LogP contribution >= 0.6 is 0 Å². The first-order chi connectivity index (χ1) is 8.65. The number of halogens is 1. The second-order valence-electron chi connectivity index (χ2n) is 4.90. The van der Waals surface area contributed by atoms with E-state index in [0.717, 1.165) is 12.8 Å². The second-order valence-corrected chi connectivity index (χ2v) is 4.90. The van der Waals surface area contributed by atoms with Crippen molar-refractivity contribution in [3.63, 3.8) is 0 Å². The summed E-state index contributed by atoms with van der Waals surface area (Å²) in [5, 5.41) is 0. The number of unbranched alkanes of at least 4 members (excludes halogenated alkanes) is 5. The number of benzene rings is 1. The van der Waals surface area contributed by atoms with E-state index >= 15 is 0 Å². The molecule has 0 unspecified atom stereocenters. The van der Waals surface area contributed by atoms with E-state index in [0.29, 0.717) is 17.5 Å². The van der Waals surface area contributed by atoms with Crippen LogP contribution < -0.4 is 0 Å². The quantitative estimate of drug-likeness (QED) is 0.465. The summed E-state index contributed by atoms with van der Waals surface area (Å²) in [5.74, 6) is -0.229. The molecule has 0 spiro atoms. The molecule has 0 bridgehead atoms. The Morgan fingerprint density at radius 2 is 1.78 bits per heavy atom. The van der Waals surface area contributed by atoms with Gasteiger partial charge in [0.05, 0.1) is 0 Å². The highest BCUT2D eigenvalue weighted by Crippen LogP contribution is 2.13. The van der Waals surface area contributed by atoms with Gasteiger partial charge < -0.3 is 0 Å². The van der Waals surface area contributed by atoms with Gasteiger partial charge in [-0.05, 0) is 25.0 Å². The average Bonchev–Trinajstić information content (AvgIpc) is 2.36. The predicted octanol–water partition coefficient (Wildman–Crippen LogP) is 5.07. The van der Waals surface area contributed by atoms with Crippen molar-refractivity contribution in [1.29, 1.82) is 0 Å². The smallest absolute Gasteiger partial charge is 0.162 e. The van der Waals surface area contributed by atoms with Gasteiger partial charge in [0.25, 0.3) is 0 Å². The van der Waals surface area contributed by atoms with E-state index < -0.39 is 0 Å². The van der Waals surface area contributed by atoms with Crippen molar-refractivity contribution in [1.82, 2.24) is 0 Å². The van der Waals surface area contributed by atoms with E-state index in [-0.39, 0.29) is 11.6 Å². The number of carbonyl (C=O) groups excluding carboxylic acids is 1. The zero-order chi connectivity index (χ0) is 13.4. The molecule has 2 heteroatoms. The van der Waals surface area contributed by atoms with Crippen molar-refractivity contribution in [2.45, 2.75) is 58.8 Å². The van der Waals surface area contributed by atoms with Crippen LogP contribution in [0.5, 0.6) is 0 Å². The zero-order valence-electron chi connectivity index (χ0n) is 11.5. The van der Waals surface area contributed by atoms with Gasteiger partial charge in [-0.3, -0.25) is 4.79 Å². The molecular formula is C16H23FO. The first kappa shape index (κ1) is 14.9. The minimum Gasteiger partial charge on any atom is -0.294 e. The Morgan fingerprint density at radius 1 is 1.11 bits per heavy atom. The summed E-state index contributed by atoms with van der Waals surface area (Å²) in [5.41, 5.74) is 1.10. The molecule has 1 aromatic carbocycles. The summed E-state index contributed by atoms with van der Waals surface area (Å²) in [6.45, 7) is 3.90. The normalized spacial score (nSPS) is 10.6. The zero-order valence-corrected chi connectivity index (χ0v) is 11.5. The van der Waals surface area contributed by atoms with Crippen LogP contribution in [0.1, 0.15) is 67.8 Å². The van der Waals surface area contributed by atoms with Crippen LogP contribution in [0.2, 0.25) is 0 Å². The first-order valence-electron chi connectivity index (χ1n) is 6.94. The molecule has 0 aliphatic heterocycles. The van der Waals surface area contributed by atoms with Gasteiger partial charge in [-0.2, -0.15) is 0 Å². The summed E-state index contributed by atoms with van der Waals surface area (Å²) in [4.78, 5) is 11.8. The van der Waals surface area contributed by atoms with E-state index in [2.05, 4.69) is 6.92 Å². The standard InChI is InChI=1S/C16H23FO/c1-3-4-5-6-7-8-9-16(18)14-11-10-13(2)15(17)12-14/h10-12H,3-9H2,1-2H3. The minimum absolute atomic E-state index is 0.0596. The van der Waals surface area contributed by atoms with Crippen LogP contribution in [-0.4, -0.2) is 5.78 Å². The Bertz CT molecular complexity index is 385. The highest BCUT2D eigenvalue weighted by atomic mass is 19.1. The summed E-state index contributed by atoms with van der Waals surface area (Å²) in [6.07, 6.45) is 7.51. The highest BCUT2D eigenvalue weighted by Gasteiger charge is 2.07. The number of Topliss-reactive ketones (excluding diaryl/α,β-unsaturated/α-hetero) is 1. The minimum atomic E-state index is -0.288. The Labute approximate surface area is 109 Å². The van der Waals surface area contributed by atoms with Crippen LogP contribution in [0, 0.1) is 12.7 Å². The Balaban J connectivity index is 2.30. The highest BCUT2D eigenvalue weighted by molar-refractivity contribution is 5.96. The van der Waals surface area contributed by atoms with Gasteiger partial charge in [0, 0.05) is 12.0 Å². The summed E-state index contributed by atoms with van der Waals surface area (Å²) < 4.78 is 13.3. The van der Waals surface area contributed by atoms with Crippen LogP contribution in [0.25, 0.3) is 0 Å². The first-order valence-corrected chi connectivity index (χ1v) is 6.94. The van der Waals surface area contributed by atoms with Gasteiger partial charge in [-0.1, -0.05) is 51.2 Å². The molecular weight excluding hydrogens is 227 g/mol. The molecule has 0 aliphatic rings. The molecule has 1 nitrogen and oxygen atoms in total. The molecule has 0 saturated heterocycles. The molecule has 0 aromatic heterocycles. The van der Waals surface area contributed by atoms with Crippen molar-refractivity contribution in [2.24, 2.45) is 0 Å². The molecule has 1 aromatic rings. The van der Waals surface area contributed by atoms with Crippen LogP contribution in [0.3, 0.4) is 0 Å². The molecule has 1 rings (SSSR count). The van der Waals surface area contributed by atoms with E-state index in [1.165, 1.54) is 31.7 Å². The third-order valence-electron chi connectivity index (χ3n) is 3.25. The maximum absolute atomic E-state index is 13.3. The molecule has 0 saturated carbocycles. The van der Waals surface area contributed by atoms with Gasteiger partial charge >= 0.3 is 0 Å². The number of hydrogen-bond donors (Lipinski definition) is 0. The molecule has 0 fully saturated rings. The molecule has 0 atom stereocenters. The van der Waals surface area contributed by atoms with E-state index in [1.54, 1.807) is 19.1 Å². The fourth-order valence-electron chi connectivity index (χ4n) is 1.98. The molecule has 0 N–H and O–H groups in total. The number of hydrogen-bond acceptors (Lipinski definition) is 1. The SMILES string of the molecule is CCCCCCCCC(=O)c1ccc(C)c(F)c1. The Kier molecular flexibility index (Phi) is 6.63. The number of aryl methyl sites for hydroxylation is 1. The van der Waals surface area contributed by atoms with Gasteiger partial charge in [0.15, 0.2) is 5.78 Å².